The molecule has 0 unspecified atom stereocenters. The topological polar surface area (TPSA) is 52.5 Å². The van der Waals surface area contributed by atoms with Crippen molar-refractivity contribution >= 4 is 12.2 Å². The number of nitriles is 1. The van der Waals surface area contributed by atoms with Crippen molar-refractivity contribution in [1.82, 2.24) is 9.97 Å². The van der Waals surface area contributed by atoms with E-state index in [-0.39, 0.29) is 5.56 Å². The Morgan fingerprint density at radius 1 is 1.38 bits per heavy atom. The third-order valence-corrected chi connectivity index (χ3v) is 2.39. The number of hydrogen-bond acceptors (Lipinski definition) is 3. The summed E-state index contributed by atoms with van der Waals surface area (Å²) in [5, 5.41) is 8.74. The second-order valence-corrected chi connectivity index (χ2v) is 3.54. The minimum Gasteiger partial charge on any atom is -0.337 e. The first-order valence-electron chi connectivity index (χ1n) is 4.44. The molecule has 0 aliphatic rings. The van der Waals surface area contributed by atoms with E-state index in [1.807, 2.05) is 6.07 Å². The molecule has 0 radical (unpaired) electrons. The lowest BCUT2D eigenvalue weighted by Gasteiger charge is -2.01. The minimum absolute atomic E-state index is 0.258. The van der Waals surface area contributed by atoms with Gasteiger partial charge < -0.3 is 4.98 Å². The standard InChI is InChI=1S/C11H6FN3S/c12-9-2-7(4-13)1-8(3-9)10-5-14-6-15-11(10)16/h1-3,5-6H,(H,14,15,16). The Morgan fingerprint density at radius 3 is 2.88 bits per heavy atom. The van der Waals surface area contributed by atoms with E-state index in [2.05, 4.69) is 9.97 Å². The van der Waals surface area contributed by atoms with Crippen LogP contribution in [0, 0.1) is 21.8 Å². The van der Waals surface area contributed by atoms with Gasteiger partial charge in [0.05, 0.1) is 18.0 Å². The molecule has 1 aromatic carbocycles. The quantitative estimate of drug-likeness (QED) is 0.768. The molecule has 2 rings (SSSR count). The van der Waals surface area contributed by atoms with Crippen LogP contribution in [-0.4, -0.2) is 9.97 Å². The number of rotatable bonds is 1. The van der Waals surface area contributed by atoms with Gasteiger partial charge in [0.15, 0.2) is 0 Å². The Morgan fingerprint density at radius 2 is 2.19 bits per heavy atom. The molecule has 0 spiro atoms. The van der Waals surface area contributed by atoms with Gasteiger partial charge in [0.25, 0.3) is 0 Å². The fourth-order valence-corrected chi connectivity index (χ4v) is 1.58. The van der Waals surface area contributed by atoms with Crippen molar-refractivity contribution in [2.24, 2.45) is 0 Å². The summed E-state index contributed by atoms with van der Waals surface area (Å²) in [7, 11) is 0. The Bertz CT molecular complexity index is 628. The van der Waals surface area contributed by atoms with Gasteiger partial charge in [0, 0.05) is 11.8 Å². The van der Waals surface area contributed by atoms with Gasteiger partial charge in [0.1, 0.15) is 10.5 Å². The van der Waals surface area contributed by atoms with Crippen molar-refractivity contribution in [2.75, 3.05) is 0 Å². The van der Waals surface area contributed by atoms with E-state index < -0.39 is 5.82 Å². The van der Waals surface area contributed by atoms with Crippen LogP contribution in [0.25, 0.3) is 11.1 Å². The predicted octanol–water partition coefficient (Wildman–Crippen LogP) is 2.82. The molecule has 3 nitrogen and oxygen atoms in total. The summed E-state index contributed by atoms with van der Waals surface area (Å²) in [5.41, 5.74) is 1.41. The molecule has 0 fully saturated rings. The predicted molar refractivity (Wildman–Crippen MR) is 59.5 cm³/mol. The molecule has 0 aliphatic heterocycles. The van der Waals surface area contributed by atoms with Gasteiger partial charge in [0.2, 0.25) is 0 Å². The Hall–Kier alpha value is -2.06. The lowest BCUT2D eigenvalue weighted by Crippen LogP contribution is -1.88. The number of halogens is 1. The summed E-state index contributed by atoms with van der Waals surface area (Å²) in [6.07, 6.45) is 2.99. The molecular formula is C11H6FN3S. The fraction of sp³-hybridized carbons (Fsp3) is 0. The largest absolute Gasteiger partial charge is 0.337 e. The third kappa shape index (κ3) is 1.97. The van der Waals surface area contributed by atoms with Crippen LogP contribution < -0.4 is 0 Å². The highest BCUT2D eigenvalue weighted by molar-refractivity contribution is 7.71. The van der Waals surface area contributed by atoms with E-state index in [0.29, 0.717) is 15.8 Å². The van der Waals surface area contributed by atoms with Gasteiger partial charge >= 0.3 is 0 Å². The van der Waals surface area contributed by atoms with E-state index in [0.717, 1.165) is 0 Å². The van der Waals surface area contributed by atoms with Crippen LogP contribution >= 0.6 is 12.2 Å². The lowest BCUT2D eigenvalue weighted by molar-refractivity contribution is 0.628. The second kappa shape index (κ2) is 4.21. The molecule has 5 heteroatoms. The zero-order valence-electron chi connectivity index (χ0n) is 8.07. The lowest BCUT2D eigenvalue weighted by atomic mass is 10.1. The average Bonchev–Trinajstić information content (AvgIpc) is 2.28. The zero-order chi connectivity index (χ0) is 11.5. The van der Waals surface area contributed by atoms with Crippen molar-refractivity contribution in [3.8, 4) is 17.2 Å². The maximum Gasteiger partial charge on any atom is 0.125 e. The third-order valence-electron chi connectivity index (χ3n) is 2.06. The minimum atomic E-state index is -0.465. The van der Waals surface area contributed by atoms with Crippen LogP contribution in [0.3, 0.4) is 0 Å². The van der Waals surface area contributed by atoms with Crippen LogP contribution in [0.1, 0.15) is 5.56 Å². The first-order valence-corrected chi connectivity index (χ1v) is 4.85. The van der Waals surface area contributed by atoms with Gasteiger partial charge in [-0.25, -0.2) is 9.37 Å². The monoisotopic (exact) mass is 231 g/mol. The van der Waals surface area contributed by atoms with Crippen LogP contribution in [0.2, 0.25) is 0 Å². The van der Waals surface area contributed by atoms with E-state index >= 15 is 0 Å². The molecule has 78 valence electrons. The van der Waals surface area contributed by atoms with Crippen LogP contribution in [0.15, 0.2) is 30.7 Å². The number of aromatic amines is 1. The summed E-state index contributed by atoms with van der Waals surface area (Å²) in [6.45, 7) is 0. The van der Waals surface area contributed by atoms with Gasteiger partial charge in [-0.2, -0.15) is 5.26 Å². The fourth-order valence-electron chi connectivity index (χ4n) is 1.36. The molecule has 1 aromatic heterocycles. The van der Waals surface area contributed by atoms with Crippen LogP contribution in [0.4, 0.5) is 4.39 Å². The van der Waals surface area contributed by atoms with E-state index in [1.165, 1.54) is 24.7 Å². The first-order chi connectivity index (χ1) is 7.70. The summed E-state index contributed by atoms with van der Waals surface area (Å²) in [6, 6.07) is 5.96. The zero-order valence-corrected chi connectivity index (χ0v) is 8.88. The summed E-state index contributed by atoms with van der Waals surface area (Å²) in [4.78, 5) is 6.63. The smallest absolute Gasteiger partial charge is 0.125 e. The molecule has 0 amide bonds. The molecule has 16 heavy (non-hydrogen) atoms. The van der Waals surface area contributed by atoms with Crippen molar-refractivity contribution in [3.05, 3.63) is 46.7 Å². The number of nitrogens with zero attached hydrogens (tertiary/aromatic N) is 2. The highest BCUT2D eigenvalue weighted by Crippen LogP contribution is 2.21. The summed E-state index contributed by atoms with van der Waals surface area (Å²) >= 11 is 5.06. The van der Waals surface area contributed by atoms with Crippen molar-refractivity contribution in [3.63, 3.8) is 0 Å². The summed E-state index contributed by atoms with van der Waals surface area (Å²) < 4.78 is 13.7. The molecule has 1 N–H and O–H groups in total. The molecule has 1 heterocycles. The van der Waals surface area contributed by atoms with Gasteiger partial charge in [-0.3, -0.25) is 0 Å². The Balaban J connectivity index is 2.66. The van der Waals surface area contributed by atoms with Gasteiger partial charge in [-0.15, -0.1) is 0 Å². The number of H-pyrrole nitrogens is 1. The van der Waals surface area contributed by atoms with Crippen molar-refractivity contribution in [2.45, 2.75) is 0 Å². The Kier molecular flexibility index (Phi) is 2.75. The normalized spacial score (nSPS) is 9.75. The molecular weight excluding hydrogens is 225 g/mol. The highest BCUT2D eigenvalue weighted by atomic mass is 32.1. The van der Waals surface area contributed by atoms with E-state index in [4.69, 9.17) is 17.5 Å². The second-order valence-electron chi connectivity index (χ2n) is 3.13. The molecule has 0 aliphatic carbocycles. The van der Waals surface area contributed by atoms with Crippen molar-refractivity contribution in [1.29, 1.82) is 5.26 Å². The van der Waals surface area contributed by atoms with Gasteiger partial charge in [-0.1, -0.05) is 12.2 Å². The number of hydrogen-bond donors (Lipinski definition) is 1. The number of nitrogens with one attached hydrogen (secondary N) is 1. The maximum atomic E-state index is 13.2. The Labute approximate surface area is 96.2 Å². The van der Waals surface area contributed by atoms with Crippen LogP contribution in [-0.2, 0) is 0 Å². The SMILES string of the molecule is N#Cc1cc(F)cc(-c2cnc[nH]c2=S)c1. The molecule has 0 saturated heterocycles. The number of benzene rings is 1. The highest BCUT2D eigenvalue weighted by Gasteiger charge is 2.04. The number of aromatic nitrogens is 2. The summed E-state index contributed by atoms with van der Waals surface area (Å²) in [5.74, 6) is -0.465. The average molecular weight is 231 g/mol. The maximum absolute atomic E-state index is 13.2. The van der Waals surface area contributed by atoms with E-state index in [9.17, 15) is 4.39 Å². The molecule has 2 aromatic rings. The van der Waals surface area contributed by atoms with Crippen molar-refractivity contribution < 1.29 is 4.39 Å². The van der Waals surface area contributed by atoms with Crippen LogP contribution in [0.5, 0.6) is 0 Å². The molecule has 0 bridgehead atoms. The van der Waals surface area contributed by atoms with Gasteiger partial charge in [-0.05, 0) is 23.8 Å². The molecule has 0 saturated carbocycles. The van der Waals surface area contributed by atoms with E-state index in [1.54, 1.807) is 6.07 Å². The molecule has 0 atom stereocenters. The first kappa shape index (κ1) is 10.5.